The minimum atomic E-state index is -0.430. The average Bonchev–Trinajstić information content (AvgIpc) is 2.95. The van der Waals surface area contributed by atoms with E-state index in [2.05, 4.69) is 4.98 Å². The zero-order valence-corrected chi connectivity index (χ0v) is 18.9. The van der Waals surface area contributed by atoms with Crippen LogP contribution in [0.3, 0.4) is 0 Å². The van der Waals surface area contributed by atoms with Crippen LogP contribution >= 0.6 is 0 Å². The van der Waals surface area contributed by atoms with Crippen LogP contribution in [0.2, 0.25) is 0 Å². The van der Waals surface area contributed by atoms with E-state index in [9.17, 15) is 9.59 Å². The van der Waals surface area contributed by atoms with Crippen molar-refractivity contribution in [2.45, 2.75) is 0 Å². The van der Waals surface area contributed by atoms with Gasteiger partial charge in [-0.1, -0.05) is 91.0 Å². The molecule has 0 fully saturated rings. The van der Waals surface area contributed by atoms with Crippen molar-refractivity contribution < 1.29 is 9.59 Å². The minimum Gasteiger partial charge on any atom is -0.268 e. The van der Waals surface area contributed by atoms with Crippen molar-refractivity contribution in [3.05, 3.63) is 145 Å². The number of hydrogen-bond acceptors (Lipinski definition) is 3. The monoisotopic (exact) mass is 454 g/mol. The van der Waals surface area contributed by atoms with Crippen LogP contribution in [0.15, 0.2) is 134 Å². The van der Waals surface area contributed by atoms with E-state index in [1.807, 2.05) is 84.9 Å². The fraction of sp³-hybridized carbons (Fsp3) is 0. The molecule has 4 nitrogen and oxygen atoms in total. The second-order valence-electron chi connectivity index (χ2n) is 8.02. The number of imide groups is 1. The number of aromatic nitrogens is 1. The molecule has 4 heteroatoms. The molecule has 0 aliphatic rings. The second kappa shape index (κ2) is 9.98. The number of pyridine rings is 1. The maximum Gasteiger partial charge on any atom is 0.266 e. The molecule has 0 N–H and O–H groups in total. The molecule has 0 bridgehead atoms. The third kappa shape index (κ3) is 4.77. The van der Waals surface area contributed by atoms with Gasteiger partial charge in [0, 0.05) is 17.3 Å². The Kier molecular flexibility index (Phi) is 6.27. The number of carbonyl (C=O) groups is 2. The molecule has 5 aromatic rings. The van der Waals surface area contributed by atoms with Crippen LogP contribution in [-0.4, -0.2) is 16.8 Å². The largest absolute Gasteiger partial charge is 0.268 e. The lowest BCUT2D eigenvalue weighted by Crippen LogP contribution is -2.37. The molecular formula is C31H22N2O2. The lowest BCUT2D eigenvalue weighted by molar-refractivity contribution is 0.0896. The van der Waals surface area contributed by atoms with Crippen LogP contribution < -0.4 is 4.90 Å². The molecule has 168 valence electrons. The van der Waals surface area contributed by atoms with Crippen molar-refractivity contribution >= 4 is 17.6 Å². The Hall–Kier alpha value is -4.83. The smallest absolute Gasteiger partial charge is 0.266 e. The number of nitrogens with zero attached hydrogens (tertiary/aromatic N) is 2. The van der Waals surface area contributed by atoms with Crippen molar-refractivity contribution in [3.63, 3.8) is 0 Å². The molecule has 5 rings (SSSR count). The van der Waals surface area contributed by atoms with Gasteiger partial charge in [0.1, 0.15) is 5.82 Å². The molecule has 0 spiro atoms. The van der Waals surface area contributed by atoms with Gasteiger partial charge in [-0.2, -0.15) is 0 Å². The van der Waals surface area contributed by atoms with Gasteiger partial charge in [0.25, 0.3) is 11.8 Å². The summed E-state index contributed by atoms with van der Waals surface area (Å²) < 4.78 is 0. The summed E-state index contributed by atoms with van der Waals surface area (Å²) in [5, 5.41) is 0. The van der Waals surface area contributed by atoms with Crippen molar-refractivity contribution in [1.82, 2.24) is 4.98 Å². The number of hydrogen-bond donors (Lipinski definition) is 0. The van der Waals surface area contributed by atoms with Gasteiger partial charge in [0.05, 0.1) is 0 Å². The number of anilines is 1. The molecule has 0 aliphatic heterocycles. The van der Waals surface area contributed by atoms with Crippen molar-refractivity contribution in [3.8, 4) is 22.3 Å². The summed E-state index contributed by atoms with van der Waals surface area (Å²) in [5.74, 6) is -0.581. The van der Waals surface area contributed by atoms with Crippen LogP contribution in [0.1, 0.15) is 20.7 Å². The SMILES string of the molecule is O=C(c1ccc(-c2ccccc2)cc1)N(C(=O)c1ccc(-c2ccccc2)cc1)c1ccccn1. The lowest BCUT2D eigenvalue weighted by Gasteiger charge is -2.20. The molecule has 1 aromatic heterocycles. The van der Waals surface area contributed by atoms with Gasteiger partial charge in [-0.15, -0.1) is 0 Å². The first-order chi connectivity index (χ1) is 17.2. The standard InChI is InChI=1S/C31H22N2O2/c34-30(27-18-14-25(15-19-27)23-9-3-1-4-10-23)33(29-13-7-8-22-32-29)31(35)28-20-16-26(17-21-28)24-11-5-2-6-12-24/h1-22H. The van der Waals surface area contributed by atoms with E-state index in [0.717, 1.165) is 27.2 Å². The average molecular weight is 455 g/mol. The highest BCUT2D eigenvalue weighted by Gasteiger charge is 2.27. The zero-order chi connectivity index (χ0) is 24.0. The van der Waals surface area contributed by atoms with Crippen LogP contribution in [0.4, 0.5) is 5.82 Å². The van der Waals surface area contributed by atoms with Crippen LogP contribution in [0.25, 0.3) is 22.3 Å². The summed E-state index contributed by atoms with van der Waals surface area (Å²) in [7, 11) is 0. The molecule has 35 heavy (non-hydrogen) atoms. The number of amides is 2. The van der Waals surface area contributed by atoms with Gasteiger partial charge in [-0.25, -0.2) is 9.88 Å². The van der Waals surface area contributed by atoms with E-state index >= 15 is 0 Å². The normalized spacial score (nSPS) is 10.5. The highest BCUT2D eigenvalue weighted by molar-refractivity contribution is 6.25. The van der Waals surface area contributed by atoms with E-state index in [1.165, 1.54) is 0 Å². The van der Waals surface area contributed by atoms with Gasteiger partial charge in [-0.3, -0.25) is 9.59 Å². The van der Waals surface area contributed by atoms with Gasteiger partial charge in [0.2, 0.25) is 0 Å². The summed E-state index contributed by atoms with van der Waals surface area (Å²) in [4.78, 5) is 32.5. The van der Waals surface area contributed by atoms with E-state index in [0.29, 0.717) is 11.1 Å². The Morgan fingerprint density at radius 1 is 0.457 bits per heavy atom. The molecule has 2 amide bonds. The maximum atomic E-state index is 13.6. The zero-order valence-electron chi connectivity index (χ0n) is 18.9. The lowest BCUT2D eigenvalue weighted by atomic mass is 10.0. The highest BCUT2D eigenvalue weighted by atomic mass is 16.2. The fourth-order valence-corrected chi connectivity index (χ4v) is 3.92. The molecule has 0 atom stereocenters. The first kappa shape index (κ1) is 22.0. The number of benzene rings is 4. The highest BCUT2D eigenvalue weighted by Crippen LogP contribution is 2.24. The fourth-order valence-electron chi connectivity index (χ4n) is 3.92. The topological polar surface area (TPSA) is 50.3 Å². The first-order valence-corrected chi connectivity index (χ1v) is 11.3. The van der Waals surface area contributed by atoms with Crippen LogP contribution in [0, 0.1) is 0 Å². The third-order valence-corrected chi connectivity index (χ3v) is 5.76. The minimum absolute atomic E-state index is 0.279. The van der Waals surface area contributed by atoms with Gasteiger partial charge < -0.3 is 0 Å². The Bertz CT molecular complexity index is 1340. The Balaban J connectivity index is 1.46. The second-order valence-corrected chi connectivity index (χ2v) is 8.02. The molecule has 0 aliphatic carbocycles. The van der Waals surface area contributed by atoms with Crippen LogP contribution in [0.5, 0.6) is 0 Å². The van der Waals surface area contributed by atoms with Crippen molar-refractivity contribution in [2.75, 3.05) is 4.90 Å². The summed E-state index contributed by atoms with van der Waals surface area (Å²) in [6, 6.07) is 39.5. The summed E-state index contributed by atoms with van der Waals surface area (Å²) in [6.45, 7) is 0. The van der Waals surface area contributed by atoms with Gasteiger partial charge in [-0.05, 0) is 58.7 Å². The maximum absolute atomic E-state index is 13.6. The van der Waals surface area contributed by atoms with Crippen LogP contribution in [-0.2, 0) is 0 Å². The van der Waals surface area contributed by atoms with E-state index < -0.39 is 11.8 Å². The van der Waals surface area contributed by atoms with E-state index in [4.69, 9.17) is 0 Å². The molecule has 0 saturated heterocycles. The summed E-state index contributed by atoms with van der Waals surface area (Å²) >= 11 is 0. The molecule has 0 saturated carbocycles. The Morgan fingerprint density at radius 3 is 1.26 bits per heavy atom. The molecule has 4 aromatic carbocycles. The molecule has 0 radical (unpaired) electrons. The Morgan fingerprint density at radius 2 is 0.857 bits per heavy atom. The van der Waals surface area contributed by atoms with Gasteiger partial charge in [0.15, 0.2) is 0 Å². The third-order valence-electron chi connectivity index (χ3n) is 5.76. The predicted molar refractivity (Wildman–Crippen MR) is 139 cm³/mol. The van der Waals surface area contributed by atoms with E-state index in [1.54, 1.807) is 48.7 Å². The first-order valence-electron chi connectivity index (χ1n) is 11.3. The molecule has 1 heterocycles. The molecular weight excluding hydrogens is 432 g/mol. The molecule has 0 unspecified atom stereocenters. The van der Waals surface area contributed by atoms with Gasteiger partial charge >= 0.3 is 0 Å². The van der Waals surface area contributed by atoms with Crippen molar-refractivity contribution in [1.29, 1.82) is 0 Å². The number of carbonyl (C=O) groups excluding carboxylic acids is 2. The summed E-state index contributed by atoms with van der Waals surface area (Å²) in [5.41, 5.74) is 4.92. The quantitative estimate of drug-likeness (QED) is 0.271. The predicted octanol–water partition coefficient (Wildman–Crippen LogP) is 6.90. The van der Waals surface area contributed by atoms with E-state index in [-0.39, 0.29) is 5.82 Å². The Labute approximate surface area is 204 Å². The summed E-state index contributed by atoms with van der Waals surface area (Å²) in [6.07, 6.45) is 1.57. The number of rotatable bonds is 5. The van der Waals surface area contributed by atoms with Crippen molar-refractivity contribution in [2.24, 2.45) is 0 Å².